The molecule has 8 heteroatoms. The van der Waals surface area contributed by atoms with Gasteiger partial charge in [0.25, 0.3) is 5.91 Å². The number of nitrogens with one attached hydrogen (secondary N) is 2. The highest BCUT2D eigenvalue weighted by Crippen LogP contribution is 2.20. The van der Waals surface area contributed by atoms with Crippen LogP contribution in [0.4, 0.5) is 10.2 Å². The zero-order valence-electron chi connectivity index (χ0n) is 19.7. The fraction of sp³-hybridized carbons (Fsp3) is 0.333. The standard InChI is InChI=1S/C27H29FN4O3/c1-17-5-2-9-22(28)24(17)26(33)32-23(27(34)35)15-21-12-10-18(16-30-21)6-3-8-20-13-11-19-7-4-14-29-25(19)31-20/h2,5,9-13,16,23H,3-4,6-8,14-15H2,1H3,(H,29,31)(H,32,33)(H,34,35)/t23-/m0/s1. The molecule has 2 aromatic heterocycles. The first-order chi connectivity index (χ1) is 16.9. The second-order valence-electron chi connectivity index (χ2n) is 8.85. The van der Waals surface area contributed by atoms with Gasteiger partial charge in [0.1, 0.15) is 17.7 Å². The molecule has 7 nitrogen and oxygen atoms in total. The number of benzene rings is 1. The molecule has 182 valence electrons. The fourth-order valence-electron chi connectivity index (χ4n) is 4.26. The lowest BCUT2D eigenvalue weighted by Gasteiger charge is -2.17. The predicted octanol–water partition coefficient (Wildman–Crippen LogP) is 3.88. The highest BCUT2D eigenvalue weighted by Gasteiger charge is 2.24. The van der Waals surface area contributed by atoms with E-state index in [9.17, 15) is 19.1 Å². The molecule has 4 rings (SSSR count). The van der Waals surface area contributed by atoms with Crippen molar-refractivity contribution in [2.45, 2.75) is 51.5 Å². The van der Waals surface area contributed by atoms with E-state index in [4.69, 9.17) is 4.98 Å². The van der Waals surface area contributed by atoms with Crippen LogP contribution in [0.1, 0.15) is 51.3 Å². The summed E-state index contributed by atoms with van der Waals surface area (Å²) in [5, 5.41) is 15.4. The Morgan fingerprint density at radius 1 is 1.14 bits per heavy atom. The Kier molecular flexibility index (Phi) is 7.70. The number of hydrogen-bond acceptors (Lipinski definition) is 5. The first kappa shape index (κ1) is 24.3. The average Bonchev–Trinajstić information content (AvgIpc) is 2.84. The van der Waals surface area contributed by atoms with Gasteiger partial charge in [-0.2, -0.15) is 0 Å². The van der Waals surface area contributed by atoms with Gasteiger partial charge in [0.15, 0.2) is 0 Å². The van der Waals surface area contributed by atoms with Gasteiger partial charge in [-0.05, 0) is 73.9 Å². The Morgan fingerprint density at radius 3 is 2.71 bits per heavy atom. The molecule has 0 saturated carbocycles. The van der Waals surface area contributed by atoms with Crippen LogP contribution in [-0.4, -0.2) is 39.5 Å². The number of aryl methyl sites for hydroxylation is 4. The Labute approximate surface area is 203 Å². The molecular formula is C27H29FN4O3. The summed E-state index contributed by atoms with van der Waals surface area (Å²) < 4.78 is 14.1. The van der Waals surface area contributed by atoms with Crippen molar-refractivity contribution in [2.75, 3.05) is 11.9 Å². The van der Waals surface area contributed by atoms with Crippen molar-refractivity contribution in [3.8, 4) is 0 Å². The number of aliphatic carboxylic acids is 1. The molecule has 1 amide bonds. The molecule has 0 spiro atoms. The van der Waals surface area contributed by atoms with Crippen LogP contribution in [-0.2, 0) is 30.5 Å². The quantitative estimate of drug-likeness (QED) is 0.433. The third-order valence-electron chi connectivity index (χ3n) is 6.20. The highest BCUT2D eigenvalue weighted by molar-refractivity contribution is 5.98. The van der Waals surface area contributed by atoms with Gasteiger partial charge in [-0.3, -0.25) is 9.78 Å². The van der Waals surface area contributed by atoms with Crippen LogP contribution in [0.5, 0.6) is 0 Å². The lowest BCUT2D eigenvalue weighted by atomic mass is 10.0. The second-order valence-corrected chi connectivity index (χ2v) is 8.85. The number of nitrogens with zero attached hydrogens (tertiary/aromatic N) is 2. The van der Waals surface area contributed by atoms with Crippen LogP contribution in [0.3, 0.4) is 0 Å². The maximum absolute atomic E-state index is 14.1. The van der Waals surface area contributed by atoms with Gasteiger partial charge in [0.05, 0.1) is 5.56 Å². The van der Waals surface area contributed by atoms with E-state index in [1.165, 1.54) is 17.7 Å². The maximum atomic E-state index is 14.1. The molecule has 35 heavy (non-hydrogen) atoms. The minimum Gasteiger partial charge on any atom is -0.480 e. The van der Waals surface area contributed by atoms with Gasteiger partial charge in [-0.25, -0.2) is 14.2 Å². The highest BCUT2D eigenvalue weighted by atomic mass is 19.1. The smallest absolute Gasteiger partial charge is 0.326 e. The van der Waals surface area contributed by atoms with Crippen molar-refractivity contribution in [3.63, 3.8) is 0 Å². The topological polar surface area (TPSA) is 104 Å². The molecule has 0 aliphatic carbocycles. The molecule has 1 aliphatic rings. The molecule has 3 heterocycles. The molecule has 3 N–H and O–H groups in total. The summed E-state index contributed by atoms with van der Waals surface area (Å²) in [6.45, 7) is 2.57. The van der Waals surface area contributed by atoms with Crippen LogP contribution in [0.25, 0.3) is 0 Å². The number of rotatable bonds is 9. The number of carboxylic acid groups (broad SMARTS) is 1. The molecule has 0 radical (unpaired) electrons. The van der Waals surface area contributed by atoms with Crippen LogP contribution >= 0.6 is 0 Å². The van der Waals surface area contributed by atoms with E-state index in [2.05, 4.69) is 27.8 Å². The SMILES string of the molecule is Cc1cccc(F)c1C(=O)N[C@@H](Cc1ccc(CCCc2ccc3c(n2)NCCC3)cn1)C(=O)O. The number of anilines is 1. The minimum absolute atomic E-state index is 0.000892. The summed E-state index contributed by atoms with van der Waals surface area (Å²) in [7, 11) is 0. The number of fused-ring (bicyclic) bond motifs is 1. The van der Waals surface area contributed by atoms with E-state index in [0.717, 1.165) is 55.7 Å². The average molecular weight is 477 g/mol. The van der Waals surface area contributed by atoms with E-state index in [-0.39, 0.29) is 12.0 Å². The van der Waals surface area contributed by atoms with Crippen LogP contribution < -0.4 is 10.6 Å². The van der Waals surface area contributed by atoms with E-state index in [1.807, 2.05) is 6.07 Å². The number of aromatic nitrogens is 2. The summed E-state index contributed by atoms with van der Waals surface area (Å²) >= 11 is 0. The molecule has 1 atom stereocenters. The van der Waals surface area contributed by atoms with Crippen molar-refractivity contribution in [1.82, 2.24) is 15.3 Å². The van der Waals surface area contributed by atoms with E-state index in [1.54, 1.807) is 25.3 Å². The third kappa shape index (κ3) is 6.20. The molecule has 0 unspecified atom stereocenters. The number of halogens is 1. The van der Waals surface area contributed by atoms with Crippen molar-refractivity contribution in [2.24, 2.45) is 0 Å². The minimum atomic E-state index is -1.22. The van der Waals surface area contributed by atoms with E-state index >= 15 is 0 Å². The fourth-order valence-corrected chi connectivity index (χ4v) is 4.26. The largest absolute Gasteiger partial charge is 0.480 e. The molecule has 3 aromatic rings. The summed E-state index contributed by atoms with van der Waals surface area (Å²) in [4.78, 5) is 33.4. The molecule has 0 bridgehead atoms. The molecule has 1 aromatic carbocycles. The zero-order chi connectivity index (χ0) is 24.8. The number of carbonyl (C=O) groups is 2. The van der Waals surface area contributed by atoms with Gasteiger partial charge in [-0.15, -0.1) is 0 Å². The Bertz CT molecular complexity index is 1190. The van der Waals surface area contributed by atoms with Crippen molar-refractivity contribution in [3.05, 3.63) is 88.1 Å². The van der Waals surface area contributed by atoms with E-state index < -0.39 is 23.7 Å². The first-order valence-corrected chi connectivity index (χ1v) is 11.9. The van der Waals surface area contributed by atoms with Crippen LogP contribution in [0.15, 0.2) is 48.7 Å². The van der Waals surface area contributed by atoms with E-state index in [0.29, 0.717) is 11.3 Å². The Morgan fingerprint density at radius 2 is 1.97 bits per heavy atom. The first-order valence-electron chi connectivity index (χ1n) is 11.9. The number of amides is 1. The molecule has 1 aliphatic heterocycles. The number of carbonyl (C=O) groups excluding carboxylic acids is 1. The number of carboxylic acids is 1. The predicted molar refractivity (Wildman–Crippen MR) is 131 cm³/mol. The third-order valence-corrected chi connectivity index (χ3v) is 6.20. The van der Waals surface area contributed by atoms with Gasteiger partial charge in [0, 0.05) is 30.6 Å². The lowest BCUT2D eigenvalue weighted by Crippen LogP contribution is -2.43. The van der Waals surface area contributed by atoms with Gasteiger partial charge in [0.2, 0.25) is 0 Å². The molecule has 0 saturated heterocycles. The van der Waals surface area contributed by atoms with Crippen molar-refractivity contribution < 1.29 is 19.1 Å². The summed E-state index contributed by atoms with van der Waals surface area (Å²) in [5.74, 6) is -1.64. The molecule has 0 fully saturated rings. The maximum Gasteiger partial charge on any atom is 0.326 e. The van der Waals surface area contributed by atoms with Crippen molar-refractivity contribution in [1.29, 1.82) is 0 Å². The van der Waals surface area contributed by atoms with Gasteiger partial charge in [-0.1, -0.05) is 24.3 Å². The number of hydrogen-bond donors (Lipinski definition) is 3. The van der Waals surface area contributed by atoms with Gasteiger partial charge < -0.3 is 15.7 Å². The zero-order valence-corrected chi connectivity index (χ0v) is 19.7. The van der Waals surface area contributed by atoms with Crippen LogP contribution in [0.2, 0.25) is 0 Å². The Balaban J connectivity index is 1.31. The lowest BCUT2D eigenvalue weighted by molar-refractivity contribution is -0.139. The van der Waals surface area contributed by atoms with Crippen LogP contribution in [0, 0.1) is 12.7 Å². The summed E-state index contributed by atoms with van der Waals surface area (Å²) in [5.41, 5.74) is 4.21. The normalized spacial score (nSPS) is 13.4. The monoisotopic (exact) mass is 476 g/mol. The Hall–Kier alpha value is -3.81. The summed E-state index contributed by atoms with van der Waals surface area (Å²) in [6.07, 6.45) is 6.55. The van der Waals surface area contributed by atoms with Gasteiger partial charge >= 0.3 is 5.97 Å². The second kappa shape index (κ2) is 11.1. The molecular weight excluding hydrogens is 447 g/mol. The summed E-state index contributed by atoms with van der Waals surface area (Å²) in [6, 6.07) is 11.0. The number of pyridine rings is 2. The van der Waals surface area contributed by atoms with Crippen molar-refractivity contribution >= 4 is 17.7 Å².